The molecule has 1 aliphatic rings. The summed E-state index contributed by atoms with van der Waals surface area (Å²) in [4.78, 5) is 1.51. The van der Waals surface area contributed by atoms with Gasteiger partial charge in [0.1, 0.15) is 6.07 Å². The second-order valence-electron chi connectivity index (χ2n) is 4.30. The minimum absolute atomic E-state index is 0.00982. The summed E-state index contributed by atoms with van der Waals surface area (Å²) in [5.41, 5.74) is -0.245. The Morgan fingerprint density at radius 3 is 2.50 bits per heavy atom. The highest BCUT2D eigenvalue weighted by Crippen LogP contribution is 2.34. The molecule has 0 aromatic heterocycles. The van der Waals surface area contributed by atoms with Crippen LogP contribution in [0, 0.1) is 17.1 Å². The topological polar surface area (TPSA) is 27.0 Å². The zero-order chi connectivity index (χ0) is 14.9. The number of anilines is 1. The molecule has 7 heteroatoms. The maximum atomic E-state index is 14.1. The van der Waals surface area contributed by atoms with Crippen LogP contribution in [0.1, 0.15) is 12.0 Å². The molecule has 0 unspecified atom stereocenters. The molecule has 2 rings (SSSR count). The lowest BCUT2D eigenvalue weighted by Crippen LogP contribution is -2.32. The van der Waals surface area contributed by atoms with E-state index in [4.69, 9.17) is 5.26 Å². The van der Waals surface area contributed by atoms with E-state index < -0.39 is 17.6 Å². The quantitative estimate of drug-likeness (QED) is 0.562. The summed E-state index contributed by atoms with van der Waals surface area (Å²) in [7, 11) is 0. The summed E-state index contributed by atoms with van der Waals surface area (Å²) in [6, 6.07) is 4.67. The van der Waals surface area contributed by atoms with Crippen molar-refractivity contribution in [3.63, 3.8) is 0 Å². The van der Waals surface area contributed by atoms with Gasteiger partial charge in [-0.2, -0.15) is 18.4 Å². The van der Waals surface area contributed by atoms with Gasteiger partial charge in [0.05, 0.1) is 15.7 Å². The fraction of sp³-hybridized carbons (Fsp3) is 0.308. The third kappa shape index (κ3) is 2.80. The number of nitrogens with zero attached hydrogens (tertiary/aromatic N) is 2. The van der Waals surface area contributed by atoms with Gasteiger partial charge in [-0.1, -0.05) is 6.08 Å². The maximum absolute atomic E-state index is 14.1. The van der Waals surface area contributed by atoms with Crippen LogP contribution in [0.5, 0.6) is 0 Å². The molecule has 0 saturated heterocycles. The smallest absolute Gasteiger partial charge is 0.365 e. The van der Waals surface area contributed by atoms with E-state index in [1.54, 1.807) is 0 Å². The molecular weight excluding hydrogens is 340 g/mol. The molecule has 106 valence electrons. The largest absolute Gasteiger partial charge is 0.412 e. The SMILES string of the molecule is N#Cc1ccc(N2CC=C(C(F)(F)F)CC2)c(F)c1Br. The van der Waals surface area contributed by atoms with Gasteiger partial charge >= 0.3 is 6.18 Å². The minimum atomic E-state index is -4.32. The molecule has 0 spiro atoms. The molecule has 0 atom stereocenters. The fourth-order valence-corrected chi connectivity index (χ4v) is 2.44. The number of rotatable bonds is 1. The molecule has 0 N–H and O–H groups in total. The molecular formula is C13H9BrF4N2. The van der Waals surface area contributed by atoms with Crippen LogP contribution in [-0.4, -0.2) is 19.3 Å². The van der Waals surface area contributed by atoms with E-state index in [0.29, 0.717) is 0 Å². The maximum Gasteiger partial charge on any atom is 0.412 e. The van der Waals surface area contributed by atoms with Crippen LogP contribution in [0.3, 0.4) is 0 Å². The summed E-state index contributed by atoms with van der Waals surface area (Å²) in [5.74, 6) is -0.632. The molecule has 1 aliphatic heterocycles. The summed E-state index contributed by atoms with van der Waals surface area (Å²) in [6.07, 6.45) is -3.44. The van der Waals surface area contributed by atoms with Crippen molar-refractivity contribution in [3.05, 3.63) is 39.6 Å². The van der Waals surface area contributed by atoms with E-state index >= 15 is 0 Å². The Morgan fingerprint density at radius 2 is 2.00 bits per heavy atom. The molecule has 1 aromatic rings. The first-order chi connectivity index (χ1) is 9.34. The van der Waals surface area contributed by atoms with Crippen molar-refractivity contribution in [2.24, 2.45) is 0 Å². The van der Waals surface area contributed by atoms with Crippen LogP contribution < -0.4 is 4.90 Å². The van der Waals surface area contributed by atoms with Crippen LogP contribution in [0.25, 0.3) is 0 Å². The summed E-state index contributed by atoms with van der Waals surface area (Å²) < 4.78 is 51.6. The van der Waals surface area contributed by atoms with Gasteiger partial charge < -0.3 is 4.90 Å². The Morgan fingerprint density at radius 1 is 1.30 bits per heavy atom. The number of halogens is 5. The molecule has 1 aromatic carbocycles. The molecule has 0 amide bonds. The Labute approximate surface area is 121 Å². The molecule has 0 aliphatic carbocycles. The predicted octanol–water partition coefficient (Wildman–Crippen LogP) is 4.16. The van der Waals surface area contributed by atoms with Crippen molar-refractivity contribution in [1.82, 2.24) is 0 Å². The lowest BCUT2D eigenvalue weighted by Gasteiger charge is -2.29. The molecule has 0 radical (unpaired) electrons. The van der Waals surface area contributed by atoms with Crippen molar-refractivity contribution in [2.45, 2.75) is 12.6 Å². The van der Waals surface area contributed by atoms with Crippen LogP contribution in [-0.2, 0) is 0 Å². The number of hydrogen-bond donors (Lipinski definition) is 0. The second-order valence-corrected chi connectivity index (χ2v) is 5.09. The average molecular weight is 349 g/mol. The highest BCUT2D eigenvalue weighted by Gasteiger charge is 2.35. The van der Waals surface area contributed by atoms with Crippen molar-refractivity contribution in [2.75, 3.05) is 18.0 Å². The predicted molar refractivity (Wildman–Crippen MR) is 69.8 cm³/mol. The molecule has 2 nitrogen and oxygen atoms in total. The van der Waals surface area contributed by atoms with E-state index in [9.17, 15) is 17.6 Å². The first kappa shape index (κ1) is 14.9. The monoisotopic (exact) mass is 348 g/mol. The van der Waals surface area contributed by atoms with Crippen molar-refractivity contribution >= 4 is 21.6 Å². The van der Waals surface area contributed by atoms with Crippen LogP contribution >= 0.6 is 15.9 Å². The highest BCUT2D eigenvalue weighted by molar-refractivity contribution is 9.10. The van der Waals surface area contributed by atoms with E-state index in [1.165, 1.54) is 17.0 Å². The summed E-state index contributed by atoms with van der Waals surface area (Å²) >= 11 is 2.98. The zero-order valence-electron chi connectivity index (χ0n) is 10.1. The average Bonchev–Trinajstić information content (AvgIpc) is 2.41. The molecule has 0 bridgehead atoms. The first-order valence-corrected chi connectivity index (χ1v) is 6.53. The Balaban J connectivity index is 2.26. The van der Waals surface area contributed by atoms with Gasteiger partial charge in [-0.15, -0.1) is 0 Å². The van der Waals surface area contributed by atoms with Gasteiger partial charge in [0, 0.05) is 18.7 Å². The fourth-order valence-electron chi connectivity index (χ4n) is 2.02. The Hall–Kier alpha value is -1.55. The Bertz CT molecular complexity index is 602. The van der Waals surface area contributed by atoms with Gasteiger partial charge in [-0.25, -0.2) is 4.39 Å². The molecule has 0 saturated carbocycles. The number of benzene rings is 1. The van der Waals surface area contributed by atoms with Gasteiger partial charge in [-0.3, -0.25) is 0 Å². The number of alkyl halides is 3. The van der Waals surface area contributed by atoms with Gasteiger partial charge in [0.2, 0.25) is 0 Å². The van der Waals surface area contributed by atoms with Crippen LogP contribution in [0.2, 0.25) is 0 Å². The third-order valence-electron chi connectivity index (χ3n) is 3.10. The van der Waals surface area contributed by atoms with Crippen LogP contribution in [0.15, 0.2) is 28.3 Å². The van der Waals surface area contributed by atoms with E-state index in [2.05, 4.69) is 15.9 Å². The molecule has 0 fully saturated rings. The molecule has 20 heavy (non-hydrogen) atoms. The lowest BCUT2D eigenvalue weighted by atomic mass is 10.1. The molecule has 1 heterocycles. The first-order valence-electron chi connectivity index (χ1n) is 5.74. The van der Waals surface area contributed by atoms with Crippen molar-refractivity contribution in [3.8, 4) is 6.07 Å². The van der Waals surface area contributed by atoms with Gasteiger partial charge in [-0.05, 0) is 34.5 Å². The highest BCUT2D eigenvalue weighted by atomic mass is 79.9. The summed E-state index contributed by atoms with van der Waals surface area (Å²) in [6.45, 7) is 0.0741. The second kappa shape index (κ2) is 5.44. The normalized spacial score (nSPS) is 15.8. The third-order valence-corrected chi connectivity index (χ3v) is 3.87. The van der Waals surface area contributed by atoms with E-state index in [1.807, 2.05) is 6.07 Å². The number of hydrogen-bond acceptors (Lipinski definition) is 2. The zero-order valence-corrected chi connectivity index (χ0v) is 11.7. The standard InChI is InChI=1S/C13H9BrF4N2/c14-11-8(7-19)1-2-10(12(11)15)20-5-3-9(4-6-20)13(16,17)18/h1-3H,4-6H2. The minimum Gasteiger partial charge on any atom is -0.365 e. The van der Waals surface area contributed by atoms with Gasteiger partial charge in [0.15, 0.2) is 5.82 Å². The van der Waals surface area contributed by atoms with Crippen molar-refractivity contribution in [1.29, 1.82) is 5.26 Å². The van der Waals surface area contributed by atoms with E-state index in [-0.39, 0.29) is 35.2 Å². The van der Waals surface area contributed by atoms with E-state index in [0.717, 1.165) is 6.08 Å². The van der Waals surface area contributed by atoms with Crippen LogP contribution in [0.4, 0.5) is 23.2 Å². The summed E-state index contributed by atoms with van der Waals surface area (Å²) in [5, 5.41) is 8.77. The Kier molecular flexibility index (Phi) is 4.04. The number of nitriles is 1. The van der Waals surface area contributed by atoms with Gasteiger partial charge in [0.25, 0.3) is 0 Å². The lowest BCUT2D eigenvalue weighted by molar-refractivity contribution is -0.0943. The van der Waals surface area contributed by atoms with Crippen molar-refractivity contribution < 1.29 is 17.6 Å².